The monoisotopic (exact) mass is 406 g/mol. The molecule has 0 atom stereocenters. The standard InChI is InChI=1S/C27H38N2O/c30-27(22-16-10-6-3-7-11-17-22)29-25-20-28-24-19-13-12-18-23(24)26(25)21-14-8-4-1-2-5-9-15-21/h12-13,18-22H,1-11,14-17H2,(H,29,30). The molecule has 0 aliphatic heterocycles. The maximum Gasteiger partial charge on any atom is 0.227 e. The second kappa shape index (κ2) is 10.9. The van der Waals surface area contributed by atoms with Gasteiger partial charge in [0.1, 0.15) is 0 Å². The molecule has 1 aromatic heterocycles. The summed E-state index contributed by atoms with van der Waals surface area (Å²) in [6, 6.07) is 8.49. The number of carbonyl (C=O) groups is 1. The van der Waals surface area contributed by atoms with Crippen molar-refractivity contribution in [3.8, 4) is 0 Å². The molecule has 4 rings (SSSR count). The summed E-state index contributed by atoms with van der Waals surface area (Å²) in [6.45, 7) is 0. The van der Waals surface area contributed by atoms with Crippen molar-refractivity contribution in [3.63, 3.8) is 0 Å². The summed E-state index contributed by atoms with van der Waals surface area (Å²) in [5.41, 5.74) is 3.38. The van der Waals surface area contributed by atoms with Gasteiger partial charge in [-0.15, -0.1) is 0 Å². The van der Waals surface area contributed by atoms with Crippen LogP contribution < -0.4 is 5.32 Å². The fourth-order valence-electron chi connectivity index (χ4n) is 5.58. The highest BCUT2D eigenvalue weighted by Crippen LogP contribution is 2.39. The molecule has 2 fully saturated rings. The Morgan fingerprint density at radius 2 is 1.33 bits per heavy atom. The summed E-state index contributed by atoms with van der Waals surface area (Å²) in [6.07, 6.45) is 20.7. The van der Waals surface area contributed by atoms with Crippen LogP contribution in [-0.4, -0.2) is 10.9 Å². The molecule has 2 aliphatic carbocycles. The lowest BCUT2D eigenvalue weighted by Crippen LogP contribution is -2.24. The van der Waals surface area contributed by atoms with E-state index in [4.69, 9.17) is 4.98 Å². The van der Waals surface area contributed by atoms with Crippen molar-refractivity contribution in [2.24, 2.45) is 5.92 Å². The molecule has 1 aromatic carbocycles. The van der Waals surface area contributed by atoms with Gasteiger partial charge in [0.05, 0.1) is 17.4 Å². The highest BCUT2D eigenvalue weighted by Gasteiger charge is 2.24. The third-order valence-corrected chi connectivity index (χ3v) is 7.31. The van der Waals surface area contributed by atoms with Gasteiger partial charge in [0.25, 0.3) is 0 Å². The minimum absolute atomic E-state index is 0.158. The summed E-state index contributed by atoms with van der Waals surface area (Å²) < 4.78 is 0. The van der Waals surface area contributed by atoms with E-state index < -0.39 is 0 Å². The van der Waals surface area contributed by atoms with Gasteiger partial charge in [-0.1, -0.05) is 88.8 Å². The topological polar surface area (TPSA) is 42.0 Å². The van der Waals surface area contributed by atoms with Crippen LogP contribution in [0, 0.1) is 5.92 Å². The van der Waals surface area contributed by atoms with Crippen LogP contribution in [-0.2, 0) is 4.79 Å². The van der Waals surface area contributed by atoms with Gasteiger partial charge >= 0.3 is 0 Å². The normalized spacial score (nSPS) is 20.5. The van der Waals surface area contributed by atoms with Crippen LogP contribution in [0.4, 0.5) is 5.69 Å². The zero-order valence-corrected chi connectivity index (χ0v) is 18.5. The first-order valence-electron chi connectivity index (χ1n) is 12.5. The van der Waals surface area contributed by atoms with Crippen LogP contribution in [0.25, 0.3) is 10.9 Å². The Morgan fingerprint density at radius 1 is 0.767 bits per heavy atom. The number of benzene rings is 1. The third kappa shape index (κ3) is 5.42. The Bertz CT molecular complexity index is 813. The number of aromatic nitrogens is 1. The lowest BCUT2D eigenvalue weighted by molar-refractivity contribution is -0.120. The SMILES string of the molecule is O=C(Nc1cnc2ccccc2c1C1CCCCCCCC1)C1CCCCCCC1. The van der Waals surface area contributed by atoms with Crippen LogP contribution in [0.1, 0.15) is 108 Å². The van der Waals surface area contributed by atoms with E-state index in [0.29, 0.717) is 5.92 Å². The molecule has 2 saturated carbocycles. The van der Waals surface area contributed by atoms with Crippen molar-refractivity contribution in [2.75, 3.05) is 5.32 Å². The van der Waals surface area contributed by atoms with E-state index in [1.165, 1.54) is 94.4 Å². The Kier molecular flexibility index (Phi) is 7.77. The number of carbonyl (C=O) groups excluding carboxylic acids is 1. The van der Waals surface area contributed by atoms with Crippen LogP contribution in [0.15, 0.2) is 30.5 Å². The van der Waals surface area contributed by atoms with Crippen molar-refractivity contribution in [1.82, 2.24) is 4.98 Å². The quantitative estimate of drug-likeness (QED) is 0.566. The highest BCUT2D eigenvalue weighted by atomic mass is 16.1. The molecule has 162 valence electrons. The summed E-state index contributed by atoms with van der Waals surface area (Å²) in [5.74, 6) is 0.895. The number of para-hydroxylation sites is 1. The maximum absolute atomic E-state index is 13.2. The van der Waals surface area contributed by atoms with Crippen molar-refractivity contribution in [3.05, 3.63) is 36.0 Å². The molecule has 3 nitrogen and oxygen atoms in total. The first-order valence-corrected chi connectivity index (χ1v) is 12.5. The lowest BCUT2D eigenvalue weighted by atomic mass is 9.86. The van der Waals surface area contributed by atoms with Gasteiger partial charge < -0.3 is 5.32 Å². The number of rotatable bonds is 3. The minimum Gasteiger partial charge on any atom is -0.324 e. The van der Waals surface area contributed by atoms with Gasteiger partial charge in [-0.3, -0.25) is 9.78 Å². The van der Waals surface area contributed by atoms with E-state index in [9.17, 15) is 4.79 Å². The Morgan fingerprint density at radius 3 is 2.00 bits per heavy atom. The molecular formula is C27H38N2O. The number of fused-ring (bicyclic) bond motifs is 1. The molecule has 1 N–H and O–H groups in total. The lowest BCUT2D eigenvalue weighted by Gasteiger charge is -2.24. The van der Waals surface area contributed by atoms with Gasteiger partial charge in [-0.25, -0.2) is 0 Å². The fraction of sp³-hybridized carbons (Fsp3) is 0.630. The second-order valence-corrected chi connectivity index (χ2v) is 9.53. The third-order valence-electron chi connectivity index (χ3n) is 7.31. The minimum atomic E-state index is 0.158. The van der Waals surface area contributed by atoms with Crippen molar-refractivity contribution in [2.45, 2.75) is 102 Å². The van der Waals surface area contributed by atoms with Gasteiger partial charge in [0.15, 0.2) is 0 Å². The molecule has 1 heterocycles. The number of hydrogen-bond donors (Lipinski definition) is 1. The van der Waals surface area contributed by atoms with Crippen molar-refractivity contribution in [1.29, 1.82) is 0 Å². The molecule has 3 heteroatoms. The van der Waals surface area contributed by atoms with Crippen molar-refractivity contribution < 1.29 is 4.79 Å². The molecule has 0 bridgehead atoms. The number of anilines is 1. The number of amides is 1. The molecule has 2 aliphatic rings. The largest absolute Gasteiger partial charge is 0.324 e. The molecule has 30 heavy (non-hydrogen) atoms. The van der Waals surface area contributed by atoms with E-state index in [2.05, 4.69) is 29.6 Å². The first kappa shape index (κ1) is 21.3. The maximum atomic E-state index is 13.2. The van der Waals surface area contributed by atoms with E-state index in [1.54, 1.807) is 0 Å². The first-order chi connectivity index (χ1) is 14.8. The summed E-state index contributed by atoms with van der Waals surface area (Å²) >= 11 is 0. The van der Waals surface area contributed by atoms with E-state index in [1.807, 2.05) is 6.20 Å². The average Bonchev–Trinajstić information content (AvgIpc) is 2.87. The van der Waals surface area contributed by atoms with Crippen LogP contribution in [0.5, 0.6) is 0 Å². The smallest absolute Gasteiger partial charge is 0.227 e. The molecule has 0 saturated heterocycles. The van der Waals surface area contributed by atoms with Crippen LogP contribution in [0.2, 0.25) is 0 Å². The molecular weight excluding hydrogens is 368 g/mol. The Hall–Kier alpha value is -1.90. The molecule has 0 spiro atoms. The second-order valence-electron chi connectivity index (χ2n) is 9.53. The molecule has 0 unspecified atom stereocenters. The fourth-order valence-corrected chi connectivity index (χ4v) is 5.58. The summed E-state index contributed by atoms with van der Waals surface area (Å²) in [7, 11) is 0. The number of pyridine rings is 1. The molecule has 0 radical (unpaired) electrons. The van der Waals surface area contributed by atoms with Crippen molar-refractivity contribution >= 4 is 22.5 Å². The van der Waals surface area contributed by atoms with E-state index >= 15 is 0 Å². The predicted molar refractivity (Wildman–Crippen MR) is 126 cm³/mol. The summed E-state index contributed by atoms with van der Waals surface area (Å²) in [4.78, 5) is 18.0. The zero-order chi connectivity index (χ0) is 20.6. The molecule has 1 amide bonds. The van der Waals surface area contributed by atoms with Gasteiger partial charge in [0.2, 0.25) is 5.91 Å². The Balaban J connectivity index is 1.63. The number of nitrogens with one attached hydrogen (secondary N) is 1. The van der Waals surface area contributed by atoms with Gasteiger partial charge in [-0.2, -0.15) is 0 Å². The van der Waals surface area contributed by atoms with Gasteiger partial charge in [0, 0.05) is 11.3 Å². The van der Waals surface area contributed by atoms with Gasteiger partial charge in [-0.05, 0) is 43.2 Å². The van der Waals surface area contributed by atoms with Crippen LogP contribution >= 0.6 is 0 Å². The summed E-state index contributed by atoms with van der Waals surface area (Å²) in [5, 5.41) is 4.60. The molecule has 2 aromatic rings. The number of nitrogens with zero attached hydrogens (tertiary/aromatic N) is 1. The predicted octanol–water partition coefficient (Wildman–Crippen LogP) is 7.75. The van der Waals surface area contributed by atoms with Crippen LogP contribution in [0.3, 0.4) is 0 Å². The zero-order valence-electron chi connectivity index (χ0n) is 18.5. The average molecular weight is 407 g/mol. The van der Waals surface area contributed by atoms with E-state index in [-0.39, 0.29) is 11.8 Å². The van der Waals surface area contributed by atoms with E-state index in [0.717, 1.165) is 24.0 Å². The number of hydrogen-bond acceptors (Lipinski definition) is 2. The highest BCUT2D eigenvalue weighted by molar-refractivity contribution is 5.97. The Labute approximate surface area is 182 Å².